The molecule has 0 saturated carbocycles. The van der Waals surface area contributed by atoms with E-state index in [2.05, 4.69) is 65.7 Å². The molecule has 0 radical (unpaired) electrons. The van der Waals surface area contributed by atoms with Crippen LogP contribution in [0.1, 0.15) is 54.4 Å². The molecule has 0 aromatic rings. The SMILES string of the molecule is C=C(C=C(C)C)C(CC)C(CC)N(CC)C(=C)C. The van der Waals surface area contributed by atoms with Crippen LogP contribution in [0.2, 0.25) is 0 Å². The molecule has 0 bridgehead atoms. The molecule has 0 aromatic heterocycles. The Morgan fingerprint density at radius 2 is 1.61 bits per heavy atom. The lowest BCUT2D eigenvalue weighted by atomic mass is 9.86. The predicted molar refractivity (Wildman–Crippen MR) is 83.6 cm³/mol. The van der Waals surface area contributed by atoms with Crippen molar-refractivity contribution in [3.05, 3.63) is 36.1 Å². The van der Waals surface area contributed by atoms with Gasteiger partial charge < -0.3 is 4.90 Å². The van der Waals surface area contributed by atoms with Crippen molar-refractivity contribution in [2.24, 2.45) is 5.92 Å². The maximum Gasteiger partial charge on any atom is 0.0352 e. The number of hydrogen-bond donors (Lipinski definition) is 0. The van der Waals surface area contributed by atoms with Crippen LogP contribution >= 0.6 is 0 Å². The maximum absolute atomic E-state index is 4.28. The Morgan fingerprint density at radius 1 is 1.06 bits per heavy atom. The van der Waals surface area contributed by atoms with E-state index < -0.39 is 0 Å². The molecule has 0 spiro atoms. The standard InChI is InChI=1S/C17H31N/c1-9-16(15(8)12-13(4)5)17(10-2)18(11-3)14(6)7/h12,16-17H,6,8-11H2,1-5,7H3. The molecule has 1 nitrogen and oxygen atoms in total. The van der Waals surface area contributed by atoms with Crippen molar-refractivity contribution in [2.75, 3.05) is 6.54 Å². The smallest absolute Gasteiger partial charge is 0.0352 e. The molecule has 1 heteroatoms. The molecule has 0 fully saturated rings. The topological polar surface area (TPSA) is 3.24 Å². The van der Waals surface area contributed by atoms with Gasteiger partial charge >= 0.3 is 0 Å². The lowest BCUT2D eigenvalue weighted by molar-refractivity contribution is 0.202. The summed E-state index contributed by atoms with van der Waals surface area (Å²) in [6.07, 6.45) is 4.49. The van der Waals surface area contributed by atoms with Crippen molar-refractivity contribution in [2.45, 2.75) is 60.4 Å². The highest BCUT2D eigenvalue weighted by Crippen LogP contribution is 2.28. The van der Waals surface area contributed by atoms with Gasteiger partial charge in [-0.15, -0.1) is 0 Å². The Labute approximate surface area is 114 Å². The van der Waals surface area contributed by atoms with Crippen LogP contribution in [0.25, 0.3) is 0 Å². The molecule has 2 atom stereocenters. The average Bonchev–Trinajstić information content (AvgIpc) is 2.27. The van der Waals surface area contributed by atoms with E-state index >= 15 is 0 Å². The van der Waals surface area contributed by atoms with Crippen LogP contribution in [0.5, 0.6) is 0 Å². The number of allylic oxidation sites excluding steroid dienone is 3. The van der Waals surface area contributed by atoms with E-state index in [1.54, 1.807) is 0 Å². The van der Waals surface area contributed by atoms with Gasteiger partial charge in [-0.2, -0.15) is 0 Å². The fourth-order valence-electron chi connectivity index (χ4n) is 2.77. The largest absolute Gasteiger partial charge is 0.372 e. The van der Waals surface area contributed by atoms with Crippen LogP contribution in [0, 0.1) is 5.92 Å². The fraction of sp³-hybridized carbons (Fsp3) is 0.647. The van der Waals surface area contributed by atoms with Crippen molar-refractivity contribution < 1.29 is 0 Å². The highest BCUT2D eigenvalue weighted by molar-refractivity contribution is 5.23. The molecule has 18 heavy (non-hydrogen) atoms. The molecule has 0 N–H and O–H groups in total. The third-order valence-electron chi connectivity index (χ3n) is 3.50. The van der Waals surface area contributed by atoms with E-state index in [9.17, 15) is 0 Å². The van der Waals surface area contributed by atoms with Crippen molar-refractivity contribution in [1.82, 2.24) is 4.90 Å². The maximum atomic E-state index is 4.28. The Balaban J connectivity index is 5.15. The molecule has 0 aromatic carbocycles. The molecule has 0 saturated heterocycles. The molecule has 0 aliphatic rings. The molecular weight excluding hydrogens is 218 g/mol. The summed E-state index contributed by atoms with van der Waals surface area (Å²) in [5.74, 6) is 0.515. The summed E-state index contributed by atoms with van der Waals surface area (Å²) in [7, 11) is 0. The van der Waals surface area contributed by atoms with E-state index in [1.165, 1.54) is 11.1 Å². The minimum atomic E-state index is 0.514. The zero-order valence-electron chi connectivity index (χ0n) is 13.2. The molecule has 0 heterocycles. The highest BCUT2D eigenvalue weighted by atomic mass is 15.2. The van der Waals surface area contributed by atoms with Gasteiger partial charge in [0.25, 0.3) is 0 Å². The van der Waals surface area contributed by atoms with Crippen LogP contribution in [0.4, 0.5) is 0 Å². The van der Waals surface area contributed by atoms with E-state index in [4.69, 9.17) is 0 Å². The molecular formula is C17H31N. The zero-order chi connectivity index (χ0) is 14.3. The van der Waals surface area contributed by atoms with Crippen LogP contribution in [-0.4, -0.2) is 17.5 Å². The van der Waals surface area contributed by atoms with Gasteiger partial charge in [-0.25, -0.2) is 0 Å². The van der Waals surface area contributed by atoms with E-state index in [-0.39, 0.29) is 0 Å². The number of nitrogens with zero attached hydrogens (tertiary/aromatic N) is 1. The molecule has 0 aliphatic heterocycles. The minimum absolute atomic E-state index is 0.514. The summed E-state index contributed by atoms with van der Waals surface area (Å²) in [4.78, 5) is 2.41. The summed E-state index contributed by atoms with van der Waals surface area (Å²) in [6, 6.07) is 0.514. The highest BCUT2D eigenvalue weighted by Gasteiger charge is 2.25. The summed E-state index contributed by atoms with van der Waals surface area (Å²) >= 11 is 0. The number of hydrogen-bond acceptors (Lipinski definition) is 1. The lowest BCUT2D eigenvalue weighted by Gasteiger charge is -2.38. The first-order valence-electron chi connectivity index (χ1n) is 7.14. The first-order valence-corrected chi connectivity index (χ1v) is 7.14. The second-order valence-corrected chi connectivity index (χ2v) is 5.31. The van der Waals surface area contributed by atoms with Gasteiger partial charge in [0.2, 0.25) is 0 Å². The van der Waals surface area contributed by atoms with Crippen molar-refractivity contribution in [3.8, 4) is 0 Å². The molecule has 0 aliphatic carbocycles. The van der Waals surface area contributed by atoms with E-state index in [1.807, 2.05) is 0 Å². The Morgan fingerprint density at radius 3 is 1.89 bits per heavy atom. The second kappa shape index (κ2) is 8.18. The van der Waals surface area contributed by atoms with E-state index in [0.29, 0.717) is 12.0 Å². The molecule has 0 rings (SSSR count). The van der Waals surface area contributed by atoms with Crippen LogP contribution in [-0.2, 0) is 0 Å². The third kappa shape index (κ3) is 4.72. The van der Waals surface area contributed by atoms with Crippen molar-refractivity contribution in [3.63, 3.8) is 0 Å². The van der Waals surface area contributed by atoms with Gasteiger partial charge in [0.05, 0.1) is 0 Å². The van der Waals surface area contributed by atoms with Gasteiger partial charge in [-0.3, -0.25) is 0 Å². The summed E-state index contributed by atoms with van der Waals surface area (Å²) < 4.78 is 0. The summed E-state index contributed by atoms with van der Waals surface area (Å²) in [6.45, 7) is 22.5. The predicted octanol–water partition coefficient (Wildman–Crippen LogP) is 5.17. The lowest BCUT2D eigenvalue weighted by Crippen LogP contribution is -2.39. The quantitative estimate of drug-likeness (QED) is 0.536. The van der Waals surface area contributed by atoms with Crippen molar-refractivity contribution >= 4 is 0 Å². The zero-order valence-corrected chi connectivity index (χ0v) is 13.2. The van der Waals surface area contributed by atoms with Crippen LogP contribution in [0.15, 0.2) is 36.1 Å². The van der Waals surface area contributed by atoms with Crippen LogP contribution in [0.3, 0.4) is 0 Å². The third-order valence-corrected chi connectivity index (χ3v) is 3.50. The van der Waals surface area contributed by atoms with Gasteiger partial charge in [0.1, 0.15) is 0 Å². The normalized spacial score (nSPS) is 13.7. The van der Waals surface area contributed by atoms with Gasteiger partial charge in [0.15, 0.2) is 0 Å². The Hall–Kier alpha value is -0.980. The second-order valence-electron chi connectivity index (χ2n) is 5.31. The fourth-order valence-corrected chi connectivity index (χ4v) is 2.77. The first kappa shape index (κ1) is 17.0. The Bertz CT molecular complexity index is 308. The van der Waals surface area contributed by atoms with Crippen LogP contribution < -0.4 is 0 Å². The summed E-state index contributed by atoms with van der Waals surface area (Å²) in [5.41, 5.74) is 3.74. The Kier molecular flexibility index (Phi) is 7.73. The number of rotatable bonds is 8. The first-order chi connectivity index (χ1) is 8.38. The van der Waals surface area contributed by atoms with E-state index in [0.717, 1.165) is 25.1 Å². The van der Waals surface area contributed by atoms with Gasteiger partial charge in [-0.1, -0.05) is 44.2 Å². The average molecular weight is 249 g/mol. The molecule has 2 unspecified atom stereocenters. The minimum Gasteiger partial charge on any atom is -0.372 e. The van der Waals surface area contributed by atoms with Gasteiger partial charge in [-0.05, 0) is 40.5 Å². The van der Waals surface area contributed by atoms with Gasteiger partial charge in [0, 0.05) is 24.2 Å². The summed E-state index contributed by atoms with van der Waals surface area (Å²) in [5, 5.41) is 0. The monoisotopic (exact) mass is 249 g/mol. The molecule has 0 amide bonds. The molecule has 104 valence electrons. The van der Waals surface area contributed by atoms with Crippen molar-refractivity contribution in [1.29, 1.82) is 0 Å².